The molecule has 2 fully saturated rings. The van der Waals surface area contributed by atoms with Gasteiger partial charge in [-0.05, 0) is 81.5 Å². The van der Waals surface area contributed by atoms with E-state index in [1.54, 1.807) is 7.11 Å². The van der Waals surface area contributed by atoms with Gasteiger partial charge in [0.25, 0.3) is 0 Å². The number of carbonyl (C=O) groups excluding carboxylic acids is 1. The Hall–Kier alpha value is -2.57. The molecule has 2 saturated heterocycles. The Morgan fingerprint density at radius 1 is 1.03 bits per heavy atom. The highest BCUT2D eigenvalue weighted by atomic mass is 16.5. The van der Waals surface area contributed by atoms with Gasteiger partial charge in [0.1, 0.15) is 5.75 Å². The van der Waals surface area contributed by atoms with Crippen LogP contribution in [0.1, 0.15) is 45.1 Å². The van der Waals surface area contributed by atoms with Crippen LogP contribution in [0.15, 0.2) is 48.5 Å². The fourth-order valence-corrected chi connectivity index (χ4v) is 4.90. The van der Waals surface area contributed by atoms with E-state index >= 15 is 0 Å². The van der Waals surface area contributed by atoms with Crippen LogP contribution in [0.4, 0.5) is 11.4 Å². The number of nitrogens with one attached hydrogen (secondary N) is 2. The number of nitrogens with zero attached hydrogens (tertiary/aromatic N) is 1. The minimum Gasteiger partial charge on any atom is -0.497 e. The first-order valence-corrected chi connectivity index (χ1v) is 12.1. The van der Waals surface area contributed by atoms with Gasteiger partial charge in [-0.25, -0.2) is 0 Å². The van der Waals surface area contributed by atoms with Gasteiger partial charge in [0.15, 0.2) is 0 Å². The van der Waals surface area contributed by atoms with Crippen molar-refractivity contribution < 1.29 is 14.3 Å². The average molecular weight is 452 g/mol. The van der Waals surface area contributed by atoms with Crippen LogP contribution < -0.4 is 20.3 Å². The van der Waals surface area contributed by atoms with Gasteiger partial charge < -0.3 is 25.0 Å². The second kappa shape index (κ2) is 10.6. The molecule has 0 bridgehead atoms. The number of hydrogen-bond acceptors (Lipinski definition) is 5. The molecule has 0 aliphatic carbocycles. The van der Waals surface area contributed by atoms with Crippen LogP contribution in [0.3, 0.4) is 0 Å². The number of piperidine rings is 1. The third kappa shape index (κ3) is 6.71. The summed E-state index contributed by atoms with van der Waals surface area (Å²) in [6.07, 6.45) is 4.83. The van der Waals surface area contributed by atoms with Crippen LogP contribution in [0.5, 0.6) is 5.75 Å². The lowest BCUT2D eigenvalue weighted by atomic mass is 9.92. The second-order valence-corrected chi connectivity index (χ2v) is 9.85. The first kappa shape index (κ1) is 23.6. The molecular weight excluding hydrogens is 414 g/mol. The molecule has 0 aromatic heterocycles. The Balaban J connectivity index is 1.22. The molecule has 2 aromatic carbocycles. The van der Waals surface area contributed by atoms with Crippen molar-refractivity contribution in [2.24, 2.45) is 0 Å². The highest BCUT2D eigenvalue weighted by Crippen LogP contribution is 2.26. The number of rotatable bonds is 7. The lowest BCUT2D eigenvalue weighted by Crippen LogP contribution is -2.50. The fourth-order valence-electron chi connectivity index (χ4n) is 4.90. The summed E-state index contributed by atoms with van der Waals surface area (Å²) in [5.74, 6) is 0.776. The molecule has 0 spiro atoms. The van der Waals surface area contributed by atoms with E-state index in [0.29, 0.717) is 18.5 Å². The predicted octanol–water partition coefficient (Wildman–Crippen LogP) is 4.39. The van der Waals surface area contributed by atoms with E-state index in [1.165, 1.54) is 5.69 Å². The quantitative estimate of drug-likeness (QED) is 0.654. The molecule has 0 radical (unpaired) electrons. The van der Waals surface area contributed by atoms with Crippen LogP contribution in [-0.2, 0) is 16.0 Å². The zero-order chi connectivity index (χ0) is 23.3. The van der Waals surface area contributed by atoms with E-state index in [1.807, 2.05) is 36.4 Å². The average Bonchev–Trinajstić information content (AvgIpc) is 2.80. The van der Waals surface area contributed by atoms with Crippen LogP contribution in [0.25, 0.3) is 0 Å². The van der Waals surface area contributed by atoms with Gasteiger partial charge in [0, 0.05) is 43.2 Å². The predicted molar refractivity (Wildman–Crippen MR) is 133 cm³/mol. The van der Waals surface area contributed by atoms with Crippen LogP contribution in [0.2, 0.25) is 0 Å². The SMILES string of the molecule is COc1ccc(CC(=O)Nc2ccc(N3CCC(N[C@@H]4CCOC(C)(C)C4)CC3)cc2)cc1. The van der Waals surface area contributed by atoms with E-state index in [2.05, 4.69) is 41.5 Å². The normalized spacial score (nSPS) is 20.9. The van der Waals surface area contributed by atoms with Gasteiger partial charge in [-0.3, -0.25) is 4.79 Å². The number of ether oxygens (including phenoxy) is 2. The monoisotopic (exact) mass is 451 g/mol. The summed E-state index contributed by atoms with van der Waals surface area (Å²) >= 11 is 0. The second-order valence-electron chi connectivity index (χ2n) is 9.85. The Bertz CT molecular complexity index is 903. The van der Waals surface area contributed by atoms with Crippen molar-refractivity contribution in [3.05, 3.63) is 54.1 Å². The molecule has 0 unspecified atom stereocenters. The molecule has 178 valence electrons. The number of carbonyl (C=O) groups is 1. The third-order valence-corrected chi connectivity index (χ3v) is 6.70. The van der Waals surface area contributed by atoms with Crippen molar-refractivity contribution in [2.45, 2.75) is 63.6 Å². The lowest BCUT2D eigenvalue weighted by molar-refractivity contribution is -0.115. The highest BCUT2D eigenvalue weighted by molar-refractivity contribution is 5.92. The molecule has 6 heteroatoms. The molecule has 2 N–H and O–H groups in total. The largest absolute Gasteiger partial charge is 0.497 e. The maximum absolute atomic E-state index is 12.4. The third-order valence-electron chi connectivity index (χ3n) is 6.70. The Kier molecular flexibility index (Phi) is 7.56. The van der Waals surface area contributed by atoms with Crippen LogP contribution >= 0.6 is 0 Å². The summed E-state index contributed by atoms with van der Waals surface area (Å²) < 4.78 is 11.0. The summed E-state index contributed by atoms with van der Waals surface area (Å²) in [5.41, 5.74) is 3.00. The van der Waals surface area contributed by atoms with E-state index in [-0.39, 0.29) is 11.5 Å². The standard InChI is InChI=1S/C27H37N3O3/c1-27(2)19-23(14-17-33-27)28-22-12-15-30(16-13-22)24-8-6-21(7-9-24)29-26(31)18-20-4-10-25(32-3)11-5-20/h4-11,22-23,28H,12-19H2,1-3H3,(H,29,31)/t23-/m1/s1. The van der Waals surface area contributed by atoms with Gasteiger partial charge in [0.05, 0.1) is 19.1 Å². The first-order chi connectivity index (χ1) is 15.9. The minimum absolute atomic E-state index is 0.0115. The Morgan fingerprint density at radius 3 is 2.36 bits per heavy atom. The number of anilines is 2. The number of amides is 1. The number of methoxy groups -OCH3 is 1. The molecule has 2 aliphatic heterocycles. The van der Waals surface area contributed by atoms with Crippen molar-refractivity contribution in [1.29, 1.82) is 0 Å². The molecule has 1 amide bonds. The maximum Gasteiger partial charge on any atom is 0.228 e. The number of benzene rings is 2. The van der Waals surface area contributed by atoms with E-state index in [4.69, 9.17) is 9.47 Å². The molecule has 4 rings (SSSR count). The summed E-state index contributed by atoms with van der Waals surface area (Å²) in [6, 6.07) is 16.9. The molecule has 6 nitrogen and oxygen atoms in total. The van der Waals surface area contributed by atoms with Gasteiger partial charge in [-0.15, -0.1) is 0 Å². The van der Waals surface area contributed by atoms with Gasteiger partial charge in [-0.2, -0.15) is 0 Å². The van der Waals surface area contributed by atoms with E-state index in [0.717, 1.165) is 62.4 Å². The fraction of sp³-hybridized carbons (Fsp3) is 0.519. The number of hydrogen-bond donors (Lipinski definition) is 2. The Morgan fingerprint density at radius 2 is 1.73 bits per heavy atom. The van der Waals surface area contributed by atoms with Gasteiger partial charge in [-0.1, -0.05) is 12.1 Å². The molecule has 0 saturated carbocycles. The maximum atomic E-state index is 12.4. The summed E-state index contributed by atoms with van der Waals surface area (Å²) in [5, 5.41) is 6.88. The molecule has 2 aliphatic rings. The molecule has 2 heterocycles. The van der Waals surface area contributed by atoms with Crippen molar-refractivity contribution in [2.75, 3.05) is 37.0 Å². The molecular formula is C27H37N3O3. The smallest absolute Gasteiger partial charge is 0.228 e. The molecule has 2 aromatic rings. The van der Waals surface area contributed by atoms with E-state index < -0.39 is 0 Å². The van der Waals surface area contributed by atoms with Crippen molar-refractivity contribution in [3.8, 4) is 5.75 Å². The van der Waals surface area contributed by atoms with Crippen molar-refractivity contribution in [1.82, 2.24) is 5.32 Å². The van der Waals surface area contributed by atoms with Crippen LogP contribution in [-0.4, -0.2) is 50.4 Å². The Labute approximate surface area is 197 Å². The zero-order valence-electron chi connectivity index (χ0n) is 20.1. The summed E-state index contributed by atoms with van der Waals surface area (Å²) in [6.45, 7) is 7.33. The lowest BCUT2D eigenvalue weighted by Gasteiger charge is -2.40. The van der Waals surface area contributed by atoms with Crippen molar-refractivity contribution in [3.63, 3.8) is 0 Å². The zero-order valence-corrected chi connectivity index (χ0v) is 20.1. The van der Waals surface area contributed by atoms with Gasteiger partial charge >= 0.3 is 0 Å². The summed E-state index contributed by atoms with van der Waals surface area (Å²) in [4.78, 5) is 14.8. The topological polar surface area (TPSA) is 62.8 Å². The van der Waals surface area contributed by atoms with Gasteiger partial charge in [0.2, 0.25) is 5.91 Å². The van der Waals surface area contributed by atoms with Crippen LogP contribution in [0, 0.1) is 0 Å². The molecule has 1 atom stereocenters. The molecule has 33 heavy (non-hydrogen) atoms. The van der Waals surface area contributed by atoms with E-state index in [9.17, 15) is 4.79 Å². The van der Waals surface area contributed by atoms with Crippen molar-refractivity contribution >= 4 is 17.3 Å². The minimum atomic E-state index is -0.0175. The first-order valence-electron chi connectivity index (χ1n) is 12.1. The highest BCUT2D eigenvalue weighted by Gasteiger charge is 2.30. The summed E-state index contributed by atoms with van der Waals surface area (Å²) in [7, 11) is 1.64.